The molecule has 0 aliphatic heterocycles. The zero-order valence-corrected chi connectivity index (χ0v) is 13.4. The second kappa shape index (κ2) is 7.43. The monoisotopic (exact) mass is 304 g/mol. The molecule has 2 rings (SSSR count). The van der Waals surface area contributed by atoms with Crippen LogP contribution in [0.3, 0.4) is 0 Å². The number of rotatable bonds is 6. The summed E-state index contributed by atoms with van der Waals surface area (Å²) in [6.07, 6.45) is 0. The summed E-state index contributed by atoms with van der Waals surface area (Å²) in [5, 5.41) is 3.98. The van der Waals surface area contributed by atoms with Crippen molar-refractivity contribution in [2.24, 2.45) is 0 Å². The fourth-order valence-electron chi connectivity index (χ4n) is 1.89. The van der Waals surface area contributed by atoms with Gasteiger partial charge in [0.05, 0.1) is 16.4 Å². The lowest BCUT2D eigenvalue weighted by Gasteiger charge is -2.11. The first-order valence-electron chi connectivity index (χ1n) is 7.12. The number of hydrogen-bond acceptors (Lipinski definition) is 3. The molecule has 2 aromatic rings. The van der Waals surface area contributed by atoms with E-state index in [-0.39, 0.29) is 0 Å². The topological polar surface area (TPSA) is 34.1 Å². The van der Waals surface area contributed by atoms with Gasteiger partial charge in [0, 0.05) is 12.6 Å². The van der Waals surface area contributed by atoms with Crippen LogP contribution >= 0.6 is 11.6 Å². The summed E-state index contributed by atoms with van der Waals surface area (Å²) in [5.41, 5.74) is 3.04. The van der Waals surface area contributed by atoms with Crippen molar-refractivity contribution < 1.29 is 4.74 Å². The molecule has 0 fully saturated rings. The average Bonchev–Trinajstić information content (AvgIpc) is 2.46. The van der Waals surface area contributed by atoms with Crippen LogP contribution in [0.4, 0.5) is 0 Å². The number of aromatic nitrogens is 1. The van der Waals surface area contributed by atoms with E-state index in [9.17, 15) is 0 Å². The van der Waals surface area contributed by atoms with Gasteiger partial charge in [0.25, 0.3) is 0 Å². The maximum absolute atomic E-state index is 6.12. The Hall–Kier alpha value is -1.58. The van der Waals surface area contributed by atoms with Crippen molar-refractivity contribution in [2.75, 3.05) is 0 Å². The quantitative estimate of drug-likeness (QED) is 0.871. The van der Waals surface area contributed by atoms with Gasteiger partial charge in [-0.1, -0.05) is 37.6 Å². The van der Waals surface area contributed by atoms with Gasteiger partial charge in [-0.05, 0) is 36.8 Å². The highest BCUT2D eigenvalue weighted by Crippen LogP contribution is 2.25. The van der Waals surface area contributed by atoms with E-state index in [0.717, 1.165) is 23.5 Å². The minimum absolute atomic E-state index is 0.415. The maximum Gasteiger partial charge on any atom is 0.138 e. The van der Waals surface area contributed by atoms with E-state index in [4.69, 9.17) is 16.3 Å². The summed E-state index contributed by atoms with van der Waals surface area (Å²) >= 11 is 6.12. The third-order valence-electron chi connectivity index (χ3n) is 3.02. The van der Waals surface area contributed by atoms with Gasteiger partial charge < -0.3 is 10.1 Å². The second-order valence-corrected chi connectivity index (χ2v) is 5.79. The summed E-state index contributed by atoms with van der Waals surface area (Å²) < 4.78 is 5.77. The fourth-order valence-corrected chi connectivity index (χ4v) is 2.06. The van der Waals surface area contributed by atoms with E-state index in [2.05, 4.69) is 24.1 Å². The Morgan fingerprint density at radius 2 is 1.95 bits per heavy atom. The van der Waals surface area contributed by atoms with Crippen LogP contribution in [0.5, 0.6) is 5.75 Å². The lowest BCUT2D eigenvalue weighted by Crippen LogP contribution is -2.22. The molecule has 21 heavy (non-hydrogen) atoms. The number of nitrogens with one attached hydrogen (secondary N) is 1. The van der Waals surface area contributed by atoms with Crippen molar-refractivity contribution in [3.05, 3.63) is 58.4 Å². The van der Waals surface area contributed by atoms with Gasteiger partial charge >= 0.3 is 0 Å². The van der Waals surface area contributed by atoms with Gasteiger partial charge in [-0.15, -0.1) is 0 Å². The second-order valence-electron chi connectivity index (χ2n) is 5.38. The minimum atomic E-state index is 0.415. The predicted octanol–water partition coefficient (Wildman–Crippen LogP) is 4.12. The molecule has 1 N–H and O–H groups in total. The van der Waals surface area contributed by atoms with Gasteiger partial charge in [0.2, 0.25) is 0 Å². The molecule has 112 valence electrons. The van der Waals surface area contributed by atoms with Crippen LogP contribution in [0, 0.1) is 6.92 Å². The van der Waals surface area contributed by atoms with Gasteiger partial charge in [0.1, 0.15) is 12.4 Å². The Morgan fingerprint density at radius 1 is 1.19 bits per heavy atom. The van der Waals surface area contributed by atoms with Crippen LogP contribution in [0.1, 0.15) is 30.8 Å². The summed E-state index contributed by atoms with van der Waals surface area (Å²) in [4.78, 5) is 4.58. The van der Waals surface area contributed by atoms with Crippen molar-refractivity contribution in [1.82, 2.24) is 10.3 Å². The van der Waals surface area contributed by atoms with E-state index < -0.39 is 0 Å². The number of nitrogens with zero attached hydrogens (tertiary/aromatic N) is 1. The smallest absolute Gasteiger partial charge is 0.138 e. The Morgan fingerprint density at radius 3 is 2.71 bits per heavy atom. The SMILES string of the molecule is Cc1ccc(Cl)c(OCc2cccc(CNC(C)C)n2)c1. The summed E-state index contributed by atoms with van der Waals surface area (Å²) in [6, 6.07) is 12.2. The van der Waals surface area contributed by atoms with E-state index >= 15 is 0 Å². The summed E-state index contributed by atoms with van der Waals surface area (Å²) in [6.45, 7) is 7.43. The van der Waals surface area contributed by atoms with E-state index in [1.54, 1.807) is 0 Å². The fraction of sp³-hybridized carbons (Fsp3) is 0.353. The third-order valence-corrected chi connectivity index (χ3v) is 3.33. The zero-order chi connectivity index (χ0) is 15.2. The van der Waals surface area contributed by atoms with Crippen molar-refractivity contribution in [1.29, 1.82) is 0 Å². The molecular formula is C17H21ClN2O. The molecule has 0 aliphatic carbocycles. The number of ether oxygens (including phenoxy) is 1. The molecule has 0 aliphatic rings. The molecule has 1 aromatic heterocycles. The molecule has 0 saturated heterocycles. The van der Waals surface area contributed by atoms with Crippen molar-refractivity contribution in [2.45, 2.75) is 40.0 Å². The standard InChI is InChI=1S/C17H21ClN2O/c1-12(2)19-10-14-5-4-6-15(20-14)11-21-17-9-13(3)7-8-16(17)18/h4-9,12,19H,10-11H2,1-3H3. The first-order chi connectivity index (χ1) is 10.0. The van der Waals surface area contributed by atoms with Gasteiger partial charge in [-0.2, -0.15) is 0 Å². The van der Waals surface area contributed by atoms with Crippen LogP contribution in [-0.2, 0) is 13.2 Å². The van der Waals surface area contributed by atoms with E-state index in [0.29, 0.717) is 23.4 Å². The van der Waals surface area contributed by atoms with Crippen molar-refractivity contribution >= 4 is 11.6 Å². The van der Waals surface area contributed by atoms with Gasteiger partial charge in [-0.25, -0.2) is 0 Å². The molecule has 0 bridgehead atoms. The summed E-state index contributed by atoms with van der Waals surface area (Å²) in [5.74, 6) is 0.698. The molecule has 1 aromatic carbocycles. The van der Waals surface area contributed by atoms with E-state index in [1.807, 2.05) is 43.3 Å². The molecule has 1 heterocycles. The number of pyridine rings is 1. The molecule has 0 spiro atoms. The normalized spacial score (nSPS) is 10.9. The number of hydrogen-bond donors (Lipinski definition) is 1. The number of halogens is 1. The number of aryl methyl sites for hydroxylation is 1. The average molecular weight is 305 g/mol. The molecule has 0 amide bonds. The van der Waals surface area contributed by atoms with Crippen molar-refractivity contribution in [3.63, 3.8) is 0 Å². The highest BCUT2D eigenvalue weighted by Gasteiger charge is 2.04. The predicted molar refractivity (Wildman–Crippen MR) is 86.7 cm³/mol. The molecule has 3 nitrogen and oxygen atoms in total. The lowest BCUT2D eigenvalue weighted by atomic mass is 10.2. The van der Waals surface area contributed by atoms with Crippen LogP contribution < -0.4 is 10.1 Å². The van der Waals surface area contributed by atoms with Gasteiger partial charge in [-0.3, -0.25) is 4.98 Å². The van der Waals surface area contributed by atoms with Gasteiger partial charge in [0.15, 0.2) is 0 Å². The molecule has 0 unspecified atom stereocenters. The van der Waals surface area contributed by atoms with Crippen LogP contribution in [0.25, 0.3) is 0 Å². The number of benzene rings is 1. The van der Waals surface area contributed by atoms with Crippen LogP contribution in [0.15, 0.2) is 36.4 Å². The Labute approximate surface area is 131 Å². The largest absolute Gasteiger partial charge is 0.486 e. The molecule has 0 saturated carbocycles. The minimum Gasteiger partial charge on any atom is -0.486 e. The van der Waals surface area contributed by atoms with Crippen molar-refractivity contribution in [3.8, 4) is 5.75 Å². The van der Waals surface area contributed by atoms with Crippen LogP contribution in [0.2, 0.25) is 5.02 Å². The van der Waals surface area contributed by atoms with E-state index in [1.165, 1.54) is 0 Å². The Kier molecular flexibility index (Phi) is 5.59. The van der Waals surface area contributed by atoms with Crippen LogP contribution in [-0.4, -0.2) is 11.0 Å². The molecule has 0 radical (unpaired) electrons. The highest BCUT2D eigenvalue weighted by molar-refractivity contribution is 6.32. The molecule has 0 atom stereocenters. The zero-order valence-electron chi connectivity index (χ0n) is 12.7. The first-order valence-corrected chi connectivity index (χ1v) is 7.49. The first kappa shape index (κ1) is 15.8. The lowest BCUT2D eigenvalue weighted by molar-refractivity contribution is 0.301. The molecule has 4 heteroatoms. The Balaban J connectivity index is 1.99. The third kappa shape index (κ3) is 5.03. The maximum atomic E-state index is 6.12. The highest BCUT2D eigenvalue weighted by atomic mass is 35.5. The Bertz CT molecular complexity index is 599. The molecular weight excluding hydrogens is 284 g/mol. The summed E-state index contributed by atoms with van der Waals surface area (Å²) in [7, 11) is 0.